The first-order valence-corrected chi connectivity index (χ1v) is 8.68. The molecular formula is C20H21N3O4. The van der Waals surface area contributed by atoms with Gasteiger partial charge < -0.3 is 19.2 Å². The van der Waals surface area contributed by atoms with Crippen LogP contribution >= 0.6 is 0 Å². The number of imidazole rings is 1. The van der Waals surface area contributed by atoms with E-state index in [1.165, 1.54) is 6.92 Å². The molecule has 0 aliphatic carbocycles. The van der Waals surface area contributed by atoms with Crippen LogP contribution in [0.1, 0.15) is 30.0 Å². The highest BCUT2D eigenvalue weighted by Crippen LogP contribution is 2.24. The molecule has 0 bridgehead atoms. The number of hydrogen-bond acceptors (Lipinski definition) is 5. The smallest absolute Gasteiger partial charge is 0.359 e. The lowest BCUT2D eigenvalue weighted by Gasteiger charge is -2.15. The maximum atomic E-state index is 12.4. The van der Waals surface area contributed by atoms with Crippen LogP contribution in [-0.4, -0.2) is 34.0 Å². The first-order valence-electron chi connectivity index (χ1n) is 8.68. The lowest BCUT2D eigenvalue weighted by Crippen LogP contribution is -2.30. The Morgan fingerprint density at radius 1 is 1.19 bits per heavy atom. The van der Waals surface area contributed by atoms with Crippen LogP contribution in [0.15, 0.2) is 48.7 Å². The van der Waals surface area contributed by atoms with Crippen molar-refractivity contribution < 1.29 is 19.1 Å². The van der Waals surface area contributed by atoms with E-state index in [0.717, 1.165) is 5.69 Å². The molecule has 1 atom stereocenters. The molecule has 1 aromatic carbocycles. The van der Waals surface area contributed by atoms with Crippen LogP contribution in [0.25, 0.3) is 5.65 Å². The summed E-state index contributed by atoms with van der Waals surface area (Å²) < 4.78 is 12.5. The summed E-state index contributed by atoms with van der Waals surface area (Å²) >= 11 is 0. The number of amides is 1. The van der Waals surface area contributed by atoms with E-state index in [-0.39, 0.29) is 5.69 Å². The van der Waals surface area contributed by atoms with Crippen molar-refractivity contribution in [1.82, 2.24) is 9.38 Å². The quantitative estimate of drug-likeness (QED) is 0.677. The highest BCUT2D eigenvalue weighted by molar-refractivity contribution is 5.97. The summed E-state index contributed by atoms with van der Waals surface area (Å²) in [5, 5.41) is 2.72. The van der Waals surface area contributed by atoms with Crippen molar-refractivity contribution in [3.63, 3.8) is 0 Å². The second-order valence-corrected chi connectivity index (χ2v) is 5.99. The van der Waals surface area contributed by atoms with Gasteiger partial charge >= 0.3 is 5.97 Å². The maximum Gasteiger partial charge on any atom is 0.359 e. The molecule has 140 valence electrons. The average Bonchev–Trinajstić information content (AvgIpc) is 3.09. The van der Waals surface area contributed by atoms with E-state index >= 15 is 0 Å². The fourth-order valence-electron chi connectivity index (χ4n) is 2.61. The first kappa shape index (κ1) is 18.4. The van der Waals surface area contributed by atoms with Crippen molar-refractivity contribution in [3.8, 4) is 5.75 Å². The predicted molar refractivity (Wildman–Crippen MR) is 101 cm³/mol. The molecule has 0 aliphatic rings. The van der Waals surface area contributed by atoms with Gasteiger partial charge in [-0.1, -0.05) is 18.2 Å². The van der Waals surface area contributed by atoms with Gasteiger partial charge in [0.05, 0.1) is 12.3 Å². The second-order valence-electron chi connectivity index (χ2n) is 5.99. The monoisotopic (exact) mass is 367 g/mol. The van der Waals surface area contributed by atoms with Crippen molar-refractivity contribution in [2.75, 3.05) is 11.9 Å². The van der Waals surface area contributed by atoms with E-state index in [1.54, 1.807) is 34.9 Å². The normalized spacial score (nSPS) is 11.8. The zero-order valence-electron chi connectivity index (χ0n) is 15.4. The lowest BCUT2D eigenvalue weighted by atomic mass is 10.2. The molecule has 2 aromatic heterocycles. The molecule has 0 saturated heterocycles. The third kappa shape index (κ3) is 4.08. The number of pyridine rings is 1. The van der Waals surface area contributed by atoms with E-state index in [9.17, 15) is 9.59 Å². The van der Waals surface area contributed by atoms with Crippen molar-refractivity contribution in [1.29, 1.82) is 0 Å². The minimum Gasteiger partial charge on any atom is -0.492 e. The van der Waals surface area contributed by atoms with E-state index in [0.29, 0.717) is 23.7 Å². The Balaban J connectivity index is 1.68. The first-order chi connectivity index (χ1) is 13.0. The fourth-order valence-corrected chi connectivity index (χ4v) is 2.61. The van der Waals surface area contributed by atoms with Gasteiger partial charge in [0.1, 0.15) is 11.4 Å². The lowest BCUT2D eigenvalue weighted by molar-refractivity contribution is -0.123. The van der Waals surface area contributed by atoms with E-state index < -0.39 is 18.0 Å². The third-order valence-electron chi connectivity index (χ3n) is 4.00. The number of nitrogens with zero attached hydrogens (tertiary/aromatic N) is 2. The number of carbonyl (C=O) groups excluding carboxylic acids is 2. The maximum absolute atomic E-state index is 12.4. The second kappa shape index (κ2) is 7.90. The number of rotatable bonds is 6. The standard InChI is InChI=1S/C20H21N3O4/c1-4-26-17-10-6-5-9-15(17)22-19(24)14(3)27-20(25)16-12-23-13(2)8-7-11-18(23)21-16/h5-12,14H,4H2,1-3H3,(H,22,24)/t14-/m0/s1. The zero-order valence-corrected chi connectivity index (χ0v) is 15.4. The van der Waals surface area contributed by atoms with Crippen LogP contribution in [0, 0.1) is 6.92 Å². The Labute approximate surface area is 156 Å². The van der Waals surface area contributed by atoms with Crippen molar-refractivity contribution in [2.24, 2.45) is 0 Å². The number of anilines is 1. The van der Waals surface area contributed by atoms with Gasteiger partial charge in [-0.3, -0.25) is 4.79 Å². The Kier molecular flexibility index (Phi) is 5.40. The number of benzene rings is 1. The molecule has 3 rings (SSSR count). The molecule has 0 unspecified atom stereocenters. The van der Waals surface area contributed by atoms with Gasteiger partial charge in [-0.25, -0.2) is 9.78 Å². The van der Waals surface area contributed by atoms with E-state index in [1.807, 2.05) is 32.0 Å². The largest absolute Gasteiger partial charge is 0.492 e. The molecule has 0 fully saturated rings. The van der Waals surface area contributed by atoms with Crippen LogP contribution in [0.3, 0.4) is 0 Å². The SMILES string of the molecule is CCOc1ccccc1NC(=O)[C@H](C)OC(=O)c1cn2c(C)cccc2n1. The van der Waals surface area contributed by atoms with E-state index in [2.05, 4.69) is 10.3 Å². The summed E-state index contributed by atoms with van der Waals surface area (Å²) in [6.45, 7) is 5.76. The zero-order chi connectivity index (χ0) is 19.4. The summed E-state index contributed by atoms with van der Waals surface area (Å²) in [7, 11) is 0. The van der Waals surface area contributed by atoms with Crippen molar-refractivity contribution >= 4 is 23.2 Å². The molecule has 2 heterocycles. The number of ether oxygens (including phenoxy) is 2. The van der Waals surface area contributed by atoms with Crippen LogP contribution in [0.4, 0.5) is 5.69 Å². The number of esters is 1. The van der Waals surface area contributed by atoms with Gasteiger partial charge in [0.2, 0.25) is 0 Å². The number of carbonyl (C=O) groups is 2. The van der Waals surface area contributed by atoms with Gasteiger partial charge in [0.15, 0.2) is 11.8 Å². The molecule has 0 aliphatic heterocycles. The average molecular weight is 367 g/mol. The molecule has 0 saturated carbocycles. The van der Waals surface area contributed by atoms with E-state index in [4.69, 9.17) is 9.47 Å². The summed E-state index contributed by atoms with van der Waals surface area (Å²) in [5.41, 5.74) is 2.26. The van der Waals surface area contributed by atoms with Gasteiger partial charge in [0, 0.05) is 11.9 Å². The third-order valence-corrected chi connectivity index (χ3v) is 4.00. The fraction of sp³-hybridized carbons (Fsp3) is 0.250. The molecule has 7 heteroatoms. The number of aromatic nitrogens is 2. The number of nitrogens with one attached hydrogen (secondary N) is 1. The highest BCUT2D eigenvalue weighted by Gasteiger charge is 2.22. The van der Waals surface area contributed by atoms with Crippen LogP contribution in [0.2, 0.25) is 0 Å². The molecule has 0 spiro atoms. The predicted octanol–water partition coefficient (Wildman–Crippen LogP) is 3.23. The number of para-hydroxylation sites is 2. The molecule has 1 N–H and O–H groups in total. The summed E-state index contributed by atoms with van der Waals surface area (Å²) in [6.07, 6.45) is 0.611. The van der Waals surface area contributed by atoms with Crippen LogP contribution in [-0.2, 0) is 9.53 Å². The number of fused-ring (bicyclic) bond motifs is 1. The molecule has 27 heavy (non-hydrogen) atoms. The van der Waals surface area contributed by atoms with Gasteiger partial charge in [0.25, 0.3) is 5.91 Å². The van der Waals surface area contributed by atoms with Crippen molar-refractivity contribution in [3.05, 3.63) is 60.0 Å². The molecule has 3 aromatic rings. The van der Waals surface area contributed by atoms with Crippen LogP contribution in [0.5, 0.6) is 5.75 Å². The molecule has 7 nitrogen and oxygen atoms in total. The molecule has 0 radical (unpaired) electrons. The van der Waals surface area contributed by atoms with Crippen LogP contribution < -0.4 is 10.1 Å². The van der Waals surface area contributed by atoms with Gasteiger partial charge in [-0.15, -0.1) is 0 Å². The van der Waals surface area contributed by atoms with Crippen molar-refractivity contribution in [2.45, 2.75) is 26.9 Å². The number of aryl methyl sites for hydroxylation is 1. The van der Waals surface area contributed by atoms with Gasteiger partial charge in [-0.05, 0) is 45.0 Å². The summed E-state index contributed by atoms with van der Waals surface area (Å²) in [4.78, 5) is 29.0. The minimum atomic E-state index is -0.988. The minimum absolute atomic E-state index is 0.152. The Hall–Kier alpha value is -3.35. The highest BCUT2D eigenvalue weighted by atomic mass is 16.5. The Morgan fingerprint density at radius 2 is 1.96 bits per heavy atom. The Morgan fingerprint density at radius 3 is 2.70 bits per heavy atom. The molecule has 1 amide bonds. The number of hydrogen-bond donors (Lipinski definition) is 1. The Bertz CT molecular complexity index is 980. The summed E-state index contributed by atoms with van der Waals surface area (Å²) in [5.74, 6) is -0.544. The van der Waals surface area contributed by atoms with Gasteiger partial charge in [-0.2, -0.15) is 0 Å². The topological polar surface area (TPSA) is 81.9 Å². The molecular weight excluding hydrogens is 346 g/mol. The summed E-state index contributed by atoms with van der Waals surface area (Å²) in [6, 6.07) is 12.7.